The zero-order chi connectivity index (χ0) is 9.43. The van der Waals surface area contributed by atoms with Crippen LogP contribution < -0.4 is 0 Å². The molecular formula is C12H16O2. The number of ether oxygens (including phenoxy) is 2. The molecule has 3 rings (SSSR count). The van der Waals surface area contributed by atoms with Gasteiger partial charge in [-0.2, -0.15) is 0 Å². The first kappa shape index (κ1) is 8.69. The molecule has 0 aromatic heterocycles. The Labute approximate surface area is 84.6 Å². The largest absolute Gasteiger partial charge is 0.340 e. The van der Waals surface area contributed by atoms with Gasteiger partial charge in [-0.3, -0.25) is 0 Å². The fraction of sp³-hybridized carbons (Fsp3) is 0.667. The molecule has 0 N–H and O–H groups in total. The molecule has 1 aliphatic heterocycles. The van der Waals surface area contributed by atoms with Crippen LogP contribution in [0.3, 0.4) is 0 Å². The lowest BCUT2D eigenvalue weighted by molar-refractivity contribution is -0.187. The lowest BCUT2D eigenvalue weighted by atomic mass is 9.94. The average Bonchev–Trinajstić information content (AvgIpc) is 2.56. The lowest BCUT2D eigenvalue weighted by Crippen LogP contribution is -2.33. The molecule has 0 radical (unpaired) electrons. The van der Waals surface area contributed by atoms with Crippen LogP contribution >= 0.6 is 0 Å². The minimum Gasteiger partial charge on any atom is -0.340 e. The van der Waals surface area contributed by atoms with Crippen LogP contribution in [0.4, 0.5) is 0 Å². The fourth-order valence-electron chi connectivity index (χ4n) is 2.63. The molecule has 76 valence electrons. The Morgan fingerprint density at radius 2 is 1.43 bits per heavy atom. The van der Waals surface area contributed by atoms with Gasteiger partial charge in [-0.15, -0.1) is 0 Å². The Bertz CT molecular complexity index is 252. The van der Waals surface area contributed by atoms with Crippen molar-refractivity contribution in [2.24, 2.45) is 0 Å². The molecule has 1 saturated heterocycles. The van der Waals surface area contributed by atoms with E-state index in [1.807, 2.05) is 12.2 Å². The SMILES string of the molecule is C1=C[C@@H]2OC3(CCCCC3)O[C@@H]2C=C1. The molecule has 2 nitrogen and oxygen atoms in total. The Balaban J connectivity index is 1.79. The first-order valence-corrected chi connectivity index (χ1v) is 5.59. The molecule has 0 amide bonds. The van der Waals surface area contributed by atoms with Crippen LogP contribution in [0.1, 0.15) is 32.1 Å². The van der Waals surface area contributed by atoms with Crippen molar-refractivity contribution in [3.8, 4) is 0 Å². The van der Waals surface area contributed by atoms with Gasteiger partial charge in [0.1, 0.15) is 12.2 Å². The third-order valence-electron chi connectivity index (χ3n) is 3.35. The van der Waals surface area contributed by atoms with Crippen LogP contribution in [0.5, 0.6) is 0 Å². The molecule has 0 aromatic rings. The zero-order valence-corrected chi connectivity index (χ0v) is 8.32. The second kappa shape index (κ2) is 3.21. The third kappa shape index (κ3) is 1.33. The highest BCUT2D eigenvalue weighted by atomic mass is 16.8. The summed E-state index contributed by atoms with van der Waals surface area (Å²) in [5.74, 6) is -0.243. The van der Waals surface area contributed by atoms with E-state index >= 15 is 0 Å². The van der Waals surface area contributed by atoms with Crippen LogP contribution in [0.25, 0.3) is 0 Å². The molecule has 14 heavy (non-hydrogen) atoms. The van der Waals surface area contributed by atoms with Gasteiger partial charge in [0.15, 0.2) is 5.79 Å². The van der Waals surface area contributed by atoms with Gasteiger partial charge in [-0.25, -0.2) is 0 Å². The van der Waals surface area contributed by atoms with Gasteiger partial charge in [0.05, 0.1) is 0 Å². The normalized spacial score (nSPS) is 38.9. The number of fused-ring (bicyclic) bond motifs is 1. The molecule has 2 aliphatic carbocycles. The third-order valence-corrected chi connectivity index (χ3v) is 3.35. The first-order valence-electron chi connectivity index (χ1n) is 5.59. The number of hydrogen-bond donors (Lipinski definition) is 0. The van der Waals surface area contributed by atoms with Crippen molar-refractivity contribution in [1.82, 2.24) is 0 Å². The molecule has 2 fully saturated rings. The molecule has 0 unspecified atom stereocenters. The summed E-state index contributed by atoms with van der Waals surface area (Å²) in [6, 6.07) is 0. The fourth-order valence-corrected chi connectivity index (χ4v) is 2.63. The van der Waals surface area contributed by atoms with E-state index in [2.05, 4.69) is 12.2 Å². The Morgan fingerprint density at radius 3 is 2.00 bits per heavy atom. The van der Waals surface area contributed by atoms with Gasteiger partial charge in [-0.05, 0) is 12.8 Å². The van der Waals surface area contributed by atoms with E-state index in [1.165, 1.54) is 19.3 Å². The lowest BCUT2D eigenvalue weighted by Gasteiger charge is -2.31. The van der Waals surface area contributed by atoms with Gasteiger partial charge >= 0.3 is 0 Å². The van der Waals surface area contributed by atoms with E-state index in [9.17, 15) is 0 Å². The summed E-state index contributed by atoms with van der Waals surface area (Å²) in [5.41, 5.74) is 0. The summed E-state index contributed by atoms with van der Waals surface area (Å²) in [6.07, 6.45) is 14.6. The summed E-state index contributed by atoms with van der Waals surface area (Å²) in [7, 11) is 0. The quantitative estimate of drug-likeness (QED) is 0.587. The van der Waals surface area contributed by atoms with Crippen LogP contribution in [-0.4, -0.2) is 18.0 Å². The predicted molar refractivity (Wildman–Crippen MR) is 53.8 cm³/mol. The van der Waals surface area contributed by atoms with Crippen LogP contribution in [-0.2, 0) is 9.47 Å². The highest BCUT2D eigenvalue weighted by molar-refractivity contribution is 5.19. The highest BCUT2D eigenvalue weighted by Gasteiger charge is 2.46. The second-order valence-electron chi connectivity index (χ2n) is 4.41. The topological polar surface area (TPSA) is 18.5 Å². The second-order valence-corrected chi connectivity index (χ2v) is 4.41. The summed E-state index contributed by atoms with van der Waals surface area (Å²) >= 11 is 0. The smallest absolute Gasteiger partial charge is 0.170 e. The molecule has 1 saturated carbocycles. The van der Waals surface area contributed by atoms with E-state index in [1.54, 1.807) is 0 Å². The molecule has 0 bridgehead atoms. The average molecular weight is 192 g/mol. The van der Waals surface area contributed by atoms with Gasteiger partial charge in [0.2, 0.25) is 0 Å². The van der Waals surface area contributed by atoms with Crippen LogP contribution in [0, 0.1) is 0 Å². The number of allylic oxidation sites excluding steroid dienone is 2. The molecular weight excluding hydrogens is 176 g/mol. The van der Waals surface area contributed by atoms with Crippen molar-refractivity contribution in [2.45, 2.75) is 50.1 Å². The van der Waals surface area contributed by atoms with Crippen molar-refractivity contribution in [1.29, 1.82) is 0 Å². The maximum atomic E-state index is 6.03. The standard InChI is InChI=1S/C12H16O2/c1-4-8-12(9-5-1)13-10-6-2-3-7-11(10)14-12/h2-3,6-7,10-11H,1,4-5,8-9H2/t10-,11+. The van der Waals surface area contributed by atoms with Gasteiger partial charge in [0, 0.05) is 12.8 Å². The monoisotopic (exact) mass is 192 g/mol. The van der Waals surface area contributed by atoms with E-state index in [4.69, 9.17) is 9.47 Å². The molecule has 3 aliphatic rings. The summed E-state index contributed by atoms with van der Waals surface area (Å²) in [4.78, 5) is 0. The maximum absolute atomic E-state index is 6.03. The Hall–Kier alpha value is -0.600. The summed E-state index contributed by atoms with van der Waals surface area (Å²) in [5, 5.41) is 0. The van der Waals surface area contributed by atoms with Crippen LogP contribution in [0.2, 0.25) is 0 Å². The molecule has 2 heteroatoms. The van der Waals surface area contributed by atoms with Crippen molar-refractivity contribution >= 4 is 0 Å². The number of hydrogen-bond acceptors (Lipinski definition) is 2. The Kier molecular flexibility index (Phi) is 1.99. The van der Waals surface area contributed by atoms with Crippen molar-refractivity contribution in [3.63, 3.8) is 0 Å². The zero-order valence-electron chi connectivity index (χ0n) is 8.32. The summed E-state index contributed by atoms with van der Waals surface area (Å²) in [6.45, 7) is 0. The maximum Gasteiger partial charge on any atom is 0.170 e. The van der Waals surface area contributed by atoms with Gasteiger partial charge in [-0.1, -0.05) is 30.7 Å². The van der Waals surface area contributed by atoms with Gasteiger partial charge < -0.3 is 9.47 Å². The van der Waals surface area contributed by atoms with Crippen molar-refractivity contribution in [2.75, 3.05) is 0 Å². The molecule has 1 spiro atoms. The van der Waals surface area contributed by atoms with E-state index in [0.29, 0.717) is 0 Å². The van der Waals surface area contributed by atoms with E-state index < -0.39 is 0 Å². The van der Waals surface area contributed by atoms with Crippen LogP contribution in [0.15, 0.2) is 24.3 Å². The first-order chi connectivity index (χ1) is 6.88. The molecule has 2 atom stereocenters. The molecule has 1 heterocycles. The van der Waals surface area contributed by atoms with Crippen molar-refractivity contribution in [3.05, 3.63) is 24.3 Å². The minimum atomic E-state index is -0.243. The van der Waals surface area contributed by atoms with Crippen molar-refractivity contribution < 1.29 is 9.47 Å². The van der Waals surface area contributed by atoms with Gasteiger partial charge in [0.25, 0.3) is 0 Å². The van der Waals surface area contributed by atoms with E-state index in [0.717, 1.165) is 12.8 Å². The molecule has 0 aromatic carbocycles. The Morgan fingerprint density at radius 1 is 0.857 bits per heavy atom. The minimum absolute atomic E-state index is 0.165. The number of rotatable bonds is 0. The summed E-state index contributed by atoms with van der Waals surface area (Å²) < 4.78 is 12.1. The highest BCUT2D eigenvalue weighted by Crippen LogP contribution is 2.41. The van der Waals surface area contributed by atoms with E-state index in [-0.39, 0.29) is 18.0 Å². The predicted octanol–water partition coefficient (Wildman–Crippen LogP) is 2.56.